The van der Waals surface area contributed by atoms with Crippen molar-refractivity contribution in [2.45, 2.75) is 45.1 Å². The zero-order valence-corrected chi connectivity index (χ0v) is 10.8. The van der Waals surface area contributed by atoms with Crippen molar-refractivity contribution in [2.75, 3.05) is 26.7 Å². The van der Waals surface area contributed by atoms with Crippen LogP contribution in [0.15, 0.2) is 0 Å². The third-order valence-electron chi connectivity index (χ3n) is 4.81. The van der Waals surface area contributed by atoms with E-state index in [1.807, 2.05) is 0 Å². The molecule has 1 aliphatic heterocycles. The first-order valence-corrected chi connectivity index (χ1v) is 7.09. The average Bonchev–Trinajstić information content (AvgIpc) is 3.11. The van der Waals surface area contributed by atoms with Crippen LogP contribution >= 0.6 is 0 Å². The van der Waals surface area contributed by atoms with E-state index in [2.05, 4.69) is 24.2 Å². The van der Waals surface area contributed by atoms with Gasteiger partial charge in [0.05, 0.1) is 0 Å². The molecule has 1 unspecified atom stereocenters. The third-order valence-corrected chi connectivity index (χ3v) is 4.81. The fourth-order valence-corrected chi connectivity index (χ4v) is 3.69. The summed E-state index contributed by atoms with van der Waals surface area (Å²) in [7, 11) is 2.38. The predicted octanol–water partition coefficient (Wildman–Crippen LogP) is 2.11. The summed E-state index contributed by atoms with van der Waals surface area (Å²) in [4.78, 5) is 2.71. The van der Waals surface area contributed by atoms with Crippen molar-refractivity contribution in [3.05, 3.63) is 0 Å². The maximum absolute atomic E-state index is 3.52. The van der Waals surface area contributed by atoms with Crippen LogP contribution in [0.3, 0.4) is 0 Å². The second-order valence-corrected chi connectivity index (χ2v) is 6.82. The van der Waals surface area contributed by atoms with Crippen LogP contribution in [-0.2, 0) is 0 Å². The van der Waals surface area contributed by atoms with Crippen LogP contribution in [0.25, 0.3) is 0 Å². The van der Waals surface area contributed by atoms with Crippen LogP contribution in [0, 0.1) is 17.3 Å². The molecule has 1 heterocycles. The van der Waals surface area contributed by atoms with Crippen molar-refractivity contribution in [2.24, 2.45) is 17.3 Å². The van der Waals surface area contributed by atoms with Gasteiger partial charge in [-0.15, -0.1) is 0 Å². The molecule has 1 atom stereocenters. The molecule has 1 N–H and O–H groups in total. The average molecular weight is 222 g/mol. The summed E-state index contributed by atoms with van der Waals surface area (Å²) in [5, 5.41) is 3.52. The number of hydrogen-bond acceptors (Lipinski definition) is 2. The van der Waals surface area contributed by atoms with Gasteiger partial charge in [0.1, 0.15) is 0 Å². The van der Waals surface area contributed by atoms with Gasteiger partial charge in [-0.2, -0.15) is 0 Å². The van der Waals surface area contributed by atoms with E-state index >= 15 is 0 Å². The molecule has 1 saturated heterocycles. The maximum atomic E-state index is 3.52. The van der Waals surface area contributed by atoms with Crippen LogP contribution in [0.5, 0.6) is 0 Å². The van der Waals surface area contributed by atoms with Gasteiger partial charge in [0, 0.05) is 19.1 Å². The van der Waals surface area contributed by atoms with E-state index < -0.39 is 0 Å². The molecular formula is C14H26N2. The van der Waals surface area contributed by atoms with Crippen LogP contribution in [0.1, 0.15) is 39.0 Å². The number of hydrogen-bond donors (Lipinski definition) is 1. The van der Waals surface area contributed by atoms with E-state index in [0.717, 1.165) is 17.9 Å². The van der Waals surface area contributed by atoms with Gasteiger partial charge in [-0.1, -0.05) is 6.92 Å². The topological polar surface area (TPSA) is 15.3 Å². The third kappa shape index (κ3) is 2.28. The first-order valence-electron chi connectivity index (χ1n) is 7.09. The molecule has 0 amide bonds. The fraction of sp³-hybridized carbons (Fsp3) is 1.00. The lowest BCUT2D eigenvalue weighted by molar-refractivity contribution is 0.131. The molecular weight excluding hydrogens is 196 g/mol. The minimum atomic E-state index is 0.538. The summed E-state index contributed by atoms with van der Waals surface area (Å²) in [5.41, 5.74) is 0.538. The summed E-state index contributed by atoms with van der Waals surface area (Å²) < 4.78 is 0. The Morgan fingerprint density at radius 3 is 2.31 bits per heavy atom. The standard InChI is InChI=1S/C14H26N2/c1-14(7-8-15-9-14)10-16(2)13(11-3-4-11)12-5-6-12/h11-13,15H,3-10H2,1-2H3. The molecule has 0 aromatic carbocycles. The molecule has 2 aliphatic carbocycles. The molecule has 3 rings (SSSR count). The van der Waals surface area contributed by atoms with Gasteiger partial charge in [0.15, 0.2) is 0 Å². The highest BCUT2D eigenvalue weighted by molar-refractivity contribution is 4.98. The molecule has 3 fully saturated rings. The molecule has 92 valence electrons. The van der Waals surface area contributed by atoms with E-state index in [4.69, 9.17) is 0 Å². The molecule has 0 bridgehead atoms. The van der Waals surface area contributed by atoms with Crippen LogP contribution in [0.2, 0.25) is 0 Å². The van der Waals surface area contributed by atoms with Gasteiger partial charge in [0.25, 0.3) is 0 Å². The van der Waals surface area contributed by atoms with Crippen molar-refractivity contribution >= 4 is 0 Å². The lowest BCUT2D eigenvalue weighted by Gasteiger charge is -2.35. The normalized spacial score (nSPS) is 35.2. The Hall–Kier alpha value is -0.0800. The van der Waals surface area contributed by atoms with E-state index in [1.54, 1.807) is 0 Å². The Morgan fingerprint density at radius 2 is 1.88 bits per heavy atom. The van der Waals surface area contributed by atoms with Crippen molar-refractivity contribution in [3.63, 3.8) is 0 Å². The van der Waals surface area contributed by atoms with E-state index in [-0.39, 0.29) is 0 Å². The molecule has 3 aliphatic rings. The highest BCUT2D eigenvalue weighted by atomic mass is 15.2. The largest absolute Gasteiger partial charge is 0.316 e. The molecule has 0 aromatic rings. The predicted molar refractivity (Wildman–Crippen MR) is 67.5 cm³/mol. The minimum absolute atomic E-state index is 0.538. The van der Waals surface area contributed by atoms with Crippen molar-refractivity contribution < 1.29 is 0 Å². The Morgan fingerprint density at radius 1 is 1.25 bits per heavy atom. The van der Waals surface area contributed by atoms with Crippen LogP contribution < -0.4 is 5.32 Å². The summed E-state index contributed by atoms with van der Waals surface area (Å²) in [6.45, 7) is 6.21. The Bertz CT molecular complexity index is 237. The van der Waals surface area contributed by atoms with Crippen molar-refractivity contribution in [1.82, 2.24) is 10.2 Å². The zero-order valence-electron chi connectivity index (χ0n) is 10.8. The lowest BCUT2D eigenvalue weighted by Crippen LogP contribution is -2.43. The SMILES string of the molecule is CN(CC1(C)CCNC1)C(C1CC1)C1CC1. The Balaban J connectivity index is 1.59. The molecule has 0 aromatic heterocycles. The number of rotatable bonds is 5. The van der Waals surface area contributed by atoms with Gasteiger partial charge in [-0.05, 0) is 62.9 Å². The highest BCUT2D eigenvalue weighted by Crippen LogP contribution is 2.47. The van der Waals surface area contributed by atoms with Gasteiger partial charge in [0.2, 0.25) is 0 Å². The van der Waals surface area contributed by atoms with Gasteiger partial charge < -0.3 is 10.2 Å². The molecule has 16 heavy (non-hydrogen) atoms. The number of nitrogens with zero attached hydrogens (tertiary/aromatic N) is 1. The molecule has 2 nitrogen and oxygen atoms in total. The summed E-state index contributed by atoms with van der Waals surface area (Å²) >= 11 is 0. The monoisotopic (exact) mass is 222 g/mol. The second-order valence-electron chi connectivity index (χ2n) is 6.82. The molecule has 0 spiro atoms. The zero-order chi connectivity index (χ0) is 11.2. The van der Waals surface area contributed by atoms with Crippen molar-refractivity contribution in [3.8, 4) is 0 Å². The summed E-state index contributed by atoms with van der Waals surface area (Å²) in [5.74, 6) is 2.10. The maximum Gasteiger partial charge on any atom is 0.0149 e. The molecule has 0 radical (unpaired) electrons. The summed E-state index contributed by atoms with van der Waals surface area (Å²) in [6, 6.07) is 0.928. The van der Waals surface area contributed by atoms with Crippen LogP contribution in [0.4, 0.5) is 0 Å². The van der Waals surface area contributed by atoms with E-state index in [9.17, 15) is 0 Å². The first kappa shape index (κ1) is 11.0. The van der Waals surface area contributed by atoms with Crippen molar-refractivity contribution in [1.29, 1.82) is 0 Å². The van der Waals surface area contributed by atoms with Gasteiger partial charge >= 0.3 is 0 Å². The van der Waals surface area contributed by atoms with Gasteiger partial charge in [-0.25, -0.2) is 0 Å². The van der Waals surface area contributed by atoms with Gasteiger partial charge in [-0.3, -0.25) is 0 Å². The lowest BCUT2D eigenvalue weighted by atomic mass is 9.88. The quantitative estimate of drug-likeness (QED) is 0.766. The van der Waals surface area contributed by atoms with Crippen LogP contribution in [-0.4, -0.2) is 37.6 Å². The second kappa shape index (κ2) is 3.99. The minimum Gasteiger partial charge on any atom is -0.316 e. The number of nitrogens with one attached hydrogen (secondary N) is 1. The smallest absolute Gasteiger partial charge is 0.0149 e. The molecule has 2 saturated carbocycles. The first-order chi connectivity index (χ1) is 7.68. The fourth-order valence-electron chi connectivity index (χ4n) is 3.69. The Kier molecular flexibility index (Phi) is 2.75. The molecule has 2 heteroatoms. The Labute approximate surface area is 99.8 Å². The highest BCUT2D eigenvalue weighted by Gasteiger charge is 2.44. The van der Waals surface area contributed by atoms with E-state index in [0.29, 0.717) is 5.41 Å². The summed E-state index contributed by atoms with van der Waals surface area (Å²) in [6.07, 6.45) is 7.36. The van der Waals surface area contributed by atoms with E-state index in [1.165, 1.54) is 51.7 Å².